The molecule has 3 rings (SSSR count). The van der Waals surface area contributed by atoms with Gasteiger partial charge in [-0.3, -0.25) is 0 Å². The molecule has 1 aliphatic heterocycles. The molecule has 7 nitrogen and oxygen atoms in total. The van der Waals surface area contributed by atoms with Crippen LogP contribution in [0.1, 0.15) is 18.2 Å². The number of benzene rings is 1. The zero-order valence-electron chi connectivity index (χ0n) is 12.2. The zero-order chi connectivity index (χ0) is 15.5. The van der Waals surface area contributed by atoms with Gasteiger partial charge in [0, 0.05) is 11.8 Å². The first-order valence-corrected chi connectivity index (χ1v) is 7.05. The number of aromatic nitrogens is 2. The Bertz CT molecular complexity index is 704. The van der Waals surface area contributed by atoms with Gasteiger partial charge in [0.25, 0.3) is 0 Å². The second-order valence-electron chi connectivity index (χ2n) is 4.92. The monoisotopic (exact) mass is 299 g/mol. The van der Waals surface area contributed by atoms with E-state index < -0.39 is 0 Å². The van der Waals surface area contributed by atoms with Crippen LogP contribution in [-0.4, -0.2) is 27.5 Å². The lowest BCUT2D eigenvalue weighted by Gasteiger charge is -2.17. The predicted octanol–water partition coefficient (Wildman–Crippen LogP) is 2.01. The molecule has 2 heterocycles. The summed E-state index contributed by atoms with van der Waals surface area (Å²) >= 11 is 0. The lowest BCUT2D eigenvalue weighted by atomic mass is 10.3. The number of amides is 2. The maximum absolute atomic E-state index is 12.4. The van der Waals surface area contributed by atoms with Crippen molar-refractivity contribution >= 4 is 17.7 Å². The molecule has 0 fully saturated rings. The number of urea groups is 1. The Balaban J connectivity index is 1.72. The molecule has 2 amide bonds. The Morgan fingerprint density at radius 2 is 2.23 bits per heavy atom. The molecule has 1 aromatic heterocycles. The molecule has 1 aliphatic rings. The molecule has 2 aromatic rings. The Morgan fingerprint density at radius 1 is 1.41 bits per heavy atom. The molecule has 0 bridgehead atoms. The Hall–Kier alpha value is -2.83. The quantitative estimate of drug-likeness (QED) is 0.904. The van der Waals surface area contributed by atoms with Crippen LogP contribution < -0.4 is 15.8 Å². The molecular weight excluding hydrogens is 282 g/mol. The van der Waals surface area contributed by atoms with Gasteiger partial charge in [0.15, 0.2) is 0 Å². The Morgan fingerprint density at radius 3 is 3.05 bits per heavy atom. The number of hydrogen-bond donors (Lipinski definition) is 2. The van der Waals surface area contributed by atoms with Gasteiger partial charge in [-0.15, -0.1) is 0 Å². The van der Waals surface area contributed by atoms with Crippen LogP contribution in [0, 0.1) is 0 Å². The standard InChI is InChI=1S/C15H17N5O2/c1-2-22-13-6-4-3-5-11(13)19-15(21)20-8-10-7-17-14(16)18-12(10)9-20/h3-7H,2,8-9H2,1H3,(H,19,21)(H2,16,17,18). The van der Waals surface area contributed by atoms with E-state index in [1.807, 2.05) is 31.2 Å². The molecule has 3 N–H and O–H groups in total. The highest BCUT2D eigenvalue weighted by atomic mass is 16.5. The van der Waals surface area contributed by atoms with Crippen molar-refractivity contribution in [2.45, 2.75) is 20.0 Å². The lowest BCUT2D eigenvalue weighted by Crippen LogP contribution is -2.30. The van der Waals surface area contributed by atoms with Crippen LogP contribution in [0.5, 0.6) is 5.75 Å². The number of nitrogens with one attached hydrogen (secondary N) is 1. The number of anilines is 2. The topological polar surface area (TPSA) is 93.4 Å². The van der Waals surface area contributed by atoms with Crippen LogP contribution in [0.25, 0.3) is 0 Å². The van der Waals surface area contributed by atoms with Crippen molar-refractivity contribution in [1.82, 2.24) is 14.9 Å². The second kappa shape index (κ2) is 5.88. The SMILES string of the molecule is CCOc1ccccc1NC(=O)N1Cc2cnc(N)nc2C1. The van der Waals surface area contributed by atoms with E-state index in [2.05, 4.69) is 15.3 Å². The van der Waals surface area contributed by atoms with E-state index in [0.29, 0.717) is 31.1 Å². The number of para-hydroxylation sites is 2. The number of carbonyl (C=O) groups is 1. The summed E-state index contributed by atoms with van der Waals surface area (Å²) < 4.78 is 5.51. The highest BCUT2D eigenvalue weighted by molar-refractivity contribution is 5.91. The first-order valence-electron chi connectivity index (χ1n) is 7.05. The van der Waals surface area contributed by atoms with Gasteiger partial charge in [-0.05, 0) is 19.1 Å². The zero-order valence-corrected chi connectivity index (χ0v) is 12.2. The molecule has 0 saturated carbocycles. The van der Waals surface area contributed by atoms with Crippen molar-refractivity contribution in [3.8, 4) is 5.75 Å². The van der Waals surface area contributed by atoms with Crippen molar-refractivity contribution < 1.29 is 9.53 Å². The largest absolute Gasteiger partial charge is 0.492 e. The van der Waals surface area contributed by atoms with Crippen LogP contribution in [0.2, 0.25) is 0 Å². The summed E-state index contributed by atoms with van der Waals surface area (Å²) in [7, 11) is 0. The summed E-state index contributed by atoms with van der Waals surface area (Å²) in [6, 6.07) is 7.14. The summed E-state index contributed by atoms with van der Waals surface area (Å²) in [5, 5.41) is 2.87. The average Bonchev–Trinajstić information content (AvgIpc) is 2.92. The Kier molecular flexibility index (Phi) is 3.78. The number of carbonyl (C=O) groups excluding carboxylic acids is 1. The van der Waals surface area contributed by atoms with Crippen LogP contribution >= 0.6 is 0 Å². The second-order valence-corrected chi connectivity index (χ2v) is 4.92. The van der Waals surface area contributed by atoms with Gasteiger partial charge in [0.2, 0.25) is 5.95 Å². The van der Waals surface area contributed by atoms with Gasteiger partial charge in [0.05, 0.1) is 31.1 Å². The maximum atomic E-state index is 12.4. The van der Waals surface area contributed by atoms with Crippen molar-refractivity contribution in [3.63, 3.8) is 0 Å². The van der Waals surface area contributed by atoms with E-state index in [9.17, 15) is 4.79 Å². The van der Waals surface area contributed by atoms with Crippen molar-refractivity contribution in [2.75, 3.05) is 17.7 Å². The van der Waals surface area contributed by atoms with E-state index in [-0.39, 0.29) is 12.0 Å². The fourth-order valence-electron chi connectivity index (χ4n) is 2.36. The van der Waals surface area contributed by atoms with Gasteiger partial charge in [-0.2, -0.15) is 0 Å². The fraction of sp³-hybridized carbons (Fsp3) is 0.267. The smallest absolute Gasteiger partial charge is 0.322 e. The first-order chi connectivity index (χ1) is 10.7. The number of nitrogens with two attached hydrogens (primary N) is 1. The van der Waals surface area contributed by atoms with Crippen molar-refractivity contribution in [1.29, 1.82) is 0 Å². The molecule has 22 heavy (non-hydrogen) atoms. The van der Waals surface area contributed by atoms with Crippen LogP contribution in [0.3, 0.4) is 0 Å². The van der Waals surface area contributed by atoms with E-state index in [0.717, 1.165) is 11.3 Å². The van der Waals surface area contributed by atoms with E-state index in [1.54, 1.807) is 11.1 Å². The molecule has 0 unspecified atom stereocenters. The summed E-state index contributed by atoms with van der Waals surface area (Å²) in [5.74, 6) is 0.877. The molecular formula is C15H17N5O2. The molecule has 1 aromatic carbocycles. The molecule has 0 aliphatic carbocycles. The van der Waals surface area contributed by atoms with Crippen molar-refractivity contribution in [3.05, 3.63) is 41.7 Å². The molecule has 0 spiro atoms. The van der Waals surface area contributed by atoms with E-state index in [4.69, 9.17) is 10.5 Å². The van der Waals surface area contributed by atoms with E-state index >= 15 is 0 Å². The molecule has 0 atom stereocenters. The van der Waals surface area contributed by atoms with Gasteiger partial charge in [0.1, 0.15) is 5.75 Å². The number of ether oxygens (including phenoxy) is 1. The minimum absolute atomic E-state index is 0.205. The normalized spacial score (nSPS) is 12.9. The third kappa shape index (κ3) is 2.78. The third-order valence-electron chi connectivity index (χ3n) is 3.39. The minimum Gasteiger partial charge on any atom is -0.492 e. The molecule has 114 valence electrons. The minimum atomic E-state index is -0.205. The van der Waals surface area contributed by atoms with Gasteiger partial charge >= 0.3 is 6.03 Å². The van der Waals surface area contributed by atoms with Crippen LogP contribution in [0.4, 0.5) is 16.4 Å². The summed E-state index contributed by atoms with van der Waals surface area (Å²) in [5.41, 5.74) is 7.93. The highest BCUT2D eigenvalue weighted by Crippen LogP contribution is 2.26. The summed E-state index contributed by atoms with van der Waals surface area (Å²) in [4.78, 5) is 22.2. The summed E-state index contributed by atoms with van der Waals surface area (Å²) in [6.07, 6.45) is 1.67. The molecule has 0 radical (unpaired) electrons. The lowest BCUT2D eigenvalue weighted by molar-refractivity contribution is 0.212. The molecule has 7 heteroatoms. The van der Waals surface area contributed by atoms with Crippen LogP contribution in [-0.2, 0) is 13.1 Å². The molecule has 0 saturated heterocycles. The van der Waals surface area contributed by atoms with Gasteiger partial charge in [-0.1, -0.05) is 12.1 Å². The third-order valence-corrected chi connectivity index (χ3v) is 3.39. The highest BCUT2D eigenvalue weighted by Gasteiger charge is 2.25. The number of rotatable bonds is 3. The number of nitrogen functional groups attached to an aromatic ring is 1. The Labute approximate surface area is 128 Å². The summed E-state index contributed by atoms with van der Waals surface area (Å²) in [6.45, 7) is 3.33. The fourth-order valence-corrected chi connectivity index (χ4v) is 2.36. The maximum Gasteiger partial charge on any atom is 0.322 e. The van der Waals surface area contributed by atoms with Crippen molar-refractivity contribution in [2.24, 2.45) is 0 Å². The van der Waals surface area contributed by atoms with Gasteiger partial charge < -0.3 is 20.7 Å². The average molecular weight is 299 g/mol. The number of hydrogen-bond acceptors (Lipinski definition) is 5. The van der Waals surface area contributed by atoms with Gasteiger partial charge in [-0.25, -0.2) is 14.8 Å². The first kappa shape index (κ1) is 14.1. The predicted molar refractivity (Wildman–Crippen MR) is 82.3 cm³/mol. The van der Waals surface area contributed by atoms with E-state index in [1.165, 1.54) is 0 Å². The number of fused-ring (bicyclic) bond motifs is 1. The number of nitrogens with zero attached hydrogens (tertiary/aromatic N) is 3. The van der Waals surface area contributed by atoms with Crippen LogP contribution in [0.15, 0.2) is 30.5 Å².